The number of amides is 1. The van der Waals surface area contributed by atoms with E-state index in [9.17, 15) is 9.59 Å². The van der Waals surface area contributed by atoms with Crippen molar-refractivity contribution in [3.8, 4) is 5.75 Å². The SMILES string of the molecule is CCCC[C@](C)(OC)C(=O)Nc1ccc(OC(C)C)c(C(=O)OCC)c1. The Balaban J connectivity index is 3.07. The number of ether oxygens (including phenoxy) is 3. The third-order valence-electron chi connectivity index (χ3n) is 4.03. The Labute approximate surface area is 156 Å². The fraction of sp³-hybridized carbons (Fsp3) is 0.600. The van der Waals surface area contributed by atoms with E-state index in [4.69, 9.17) is 14.2 Å². The van der Waals surface area contributed by atoms with Gasteiger partial charge in [-0.3, -0.25) is 4.79 Å². The summed E-state index contributed by atoms with van der Waals surface area (Å²) in [5, 5.41) is 2.83. The van der Waals surface area contributed by atoms with Crippen LogP contribution in [0.5, 0.6) is 5.75 Å². The summed E-state index contributed by atoms with van der Waals surface area (Å²) < 4.78 is 16.2. The van der Waals surface area contributed by atoms with Gasteiger partial charge in [-0.2, -0.15) is 0 Å². The average molecular weight is 365 g/mol. The molecule has 0 radical (unpaired) electrons. The van der Waals surface area contributed by atoms with Gasteiger partial charge in [0.25, 0.3) is 5.91 Å². The van der Waals surface area contributed by atoms with E-state index in [0.717, 1.165) is 12.8 Å². The van der Waals surface area contributed by atoms with Gasteiger partial charge in [0.15, 0.2) is 0 Å². The number of carbonyl (C=O) groups excluding carboxylic acids is 2. The molecule has 1 aromatic rings. The number of hydrogen-bond acceptors (Lipinski definition) is 5. The molecule has 1 N–H and O–H groups in total. The second-order valence-corrected chi connectivity index (χ2v) is 6.59. The van der Waals surface area contributed by atoms with Crippen LogP contribution in [0.4, 0.5) is 5.69 Å². The monoisotopic (exact) mass is 365 g/mol. The van der Waals surface area contributed by atoms with Crippen LogP contribution in [0, 0.1) is 0 Å². The van der Waals surface area contributed by atoms with Crippen LogP contribution >= 0.6 is 0 Å². The molecule has 0 aliphatic rings. The molecule has 0 bridgehead atoms. The molecule has 0 saturated carbocycles. The summed E-state index contributed by atoms with van der Waals surface area (Å²) >= 11 is 0. The molecule has 0 heterocycles. The minimum Gasteiger partial charge on any atom is -0.490 e. The molecule has 1 aromatic carbocycles. The zero-order chi connectivity index (χ0) is 19.7. The summed E-state index contributed by atoms with van der Waals surface area (Å²) in [6.07, 6.45) is 2.38. The molecule has 1 atom stereocenters. The largest absolute Gasteiger partial charge is 0.490 e. The molecule has 0 aliphatic heterocycles. The predicted octanol–water partition coefficient (Wildman–Crippen LogP) is 4.18. The highest BCUT2D eigenvalue weighted by molar-refractivity contribution is 5.99. The van der Waals surface area contributed by atoms with Crippen molar-refractivity contribution in [2.75, 3.05) is 19.0 Å². The number of benzene rings is 1. The van der Waals surface area contributed by atoms with Gasteiger partial charge in [0.1, 0.15) is 16.9 Å². The number of hydrogen-bond donors (Lipinski definition) is 1. The Bertz CT molecular complexity index is 614. The van der Waals surface area contributed by atoms with E-state index in [1.54, 1.807) is 32.0 Å². The van der Waals surface area contributed by atoms with Crippen LogP contribution in [-0.2, 0) is 14.3 Å². The van der Waals surface area contributed by atoms with Gasteiger partial charge >= 0.3 is 5.97 Å². The van der Waals surface area contributed by atoms with Gasteiger partial charge in [-0.25, -0.2) is 4.79 Å². The van der Waals surface area contributed by atoms with Crippen LogP contribution in [0.1, 0.15) is 64.2 Å². The zero-order valence-corrected chi connectivity index (χ0v) is 16.7. The van der Waals surface area contributed by atoms with Gasteiger partial charge in [0.05, 0.1) is 12.7 Å². The molecule has 6 heteroatoms. The lowest BCUT2D eigenvalue weighted by Gasteiger charge is -2.27. The molecule has 0 spiro atoms. The van der Waals surface area contributed by atoms with Crippen molar-refractivity contribution in [1.29, 1.82) is 0 Å². The first kappa shape index (κ1) is 22.0. The van der Waals surface area contributed by atoms with Crippen LogP contribution in [-0.4, -0.2) is 37.3 Å². The molecule has 0 fully saturated rings. The zero-order valence-electron chi connectivity index (χ0n) is 16.7. The molecule has 6 nitrogen and oxygen atoms in total. The predicted molar refractivity (Wildman–Crippen MR) is 102 cm³/mol. The maximum absolute atomic E-state index is 12.7. The van der Waals surface area contributed by atoms with E-state index in [-0.39, 0.29) is 24.2 Å². The van der Waals surface area contributed by atoms with E-state index >= 15 is 0 Å². The smallest absolute Gasteiger partial charge is 0.341 e. The fourth-order valence-corrected chi connectivity index (χ4v) is 2.42. The quantitative estimate of drug-likeness (QED) is 0.630. The molecule has 1 amide bonds. The van der Waals surface area contributed by atoms with Crippen LogP contribution in [0.2, 0.25) is 0 Å². The second-order valence-electron chi connectivity index (χ2n) is 6.59. The molecule has 146 valence electrons. The summed E-state index contributed by atoms with van der Waals surface area (Å²) in [6, 6.07) is 4.94. The standard InChI is InChI=1S/C20H31NO5/c1-7-9-12-20(5,24-6)19(23)21-15-10-11-17(26-14(3)4)16(13-15)18(22)25-8-2/h10-11,13-14H,7-9,12H2,1-6H3,(H,21,23)/t20-/m0/s1. The number of unbranched alkanes of at least 4 members (excludes halogenated alkanes) is 1. The first-order valence-electron chi connectivity index (χ1n) is 9.11. The maximum atomic E-state index is 12.7. The van der Waals surface area contributed by atoms with Crippen molar-refractivity contribution in [2.45, 2.75) is 65.6 Å². The van der Waals surface area contributed by atoms with Crippen molar-refractivity contribution in [1.82, 2.24) is 0 Å². The van der Waals surface area contributed by atoms with Gasteiger partial charge < -0.3 is 19.5 Å². The lowest BCUT2D eigenvalue weighted by molar-refractivity contribution is -0.136. The van der Waals surface area contributed by atoms with E-state index in [1.165, 1.54) is 7.11 Å². The topological polar surface area (TPSA) is 73.9 Å². The van der Waals surface area contributed by atoms with Crippen LogP contribution < -0.4 is 10.1 Å². The van der Waals surface area contributed by atoms with Gasteiger partial charge in [-0.05, 0) is 52.3 Å². The number of methoxy groups -OCH3 is 1. The van der Waals surface area contributed by atoms with Crippen LogP contribution in [0.25, 0.3) is 0 Å². The van der Waals surface area contributed by atoms with Gasteiger partial charge in [0, 0.05) is 12.8 Å². The molecular weight excluding hydrogens is 334 g/mol. The molecule has 0 unspecified atom stereocenters. The second kappa shape index (κ2) is 10.2. The van der Waals surface area contributed by atoms with Crippen molar-refractivity contribution < 1.29 is 23.8 Å². The number of esters is 1. The third kappa shape index (κ3) is 6.02. The van der Waals surface area contributed by atoms with Gasteiger partial charge in [-0.15, -0.1) is 0 Å². The Hall–Kier alpha value is -2.08. The lowest BCUT2D eigenvalue weighted by atomic mass is 9.97. The fourth-order valence-electron chi connectivity index (χ4n) is 2.42. The van der Waals surface area contributed by atoms with Gasteiger partial charge in [-0.1, -0.05) is 19.8 Å². The molecule has 1 rings (SSSR count). The van der Waals surface area contributed by atoms with Gasteiger partial charge in [0.2, 0.25) is 0 Å². The van der Waals surface area contributed by atoms with E-state index in [2.05, 4.69) is 12.2 Å². The highest BCUT2D eigenvalue weighted by Gasteiger charge is 2.32. The molecule has 0 saturated heterocycles. The van der Waals surface area contributed by atoms with E-state index < -0.39 is 11.6 Å². The maximum Gasteiger partial charge on any atom is 0.341 e. The summed E-state index contributed by atoms with van der Waals surface area (Å²) in [5.41, 5.74) is -0.146. The summed E-state index contributed by atoms with van der Waals surface area (Å²) in [7, 11) is 1.53. The highest BCUT2D eigenvalue weighted by Crippen LogP contribution is 2.27. The number of rotatable bonds is 10. The lowest BCUT2D eigenvalue weighted by Crippen LogP contribution is -2.42. The summed E-state index contributed by atoms with van der Waals surface area (Å²) in [4.78, 5) is 24.9. The Morgan fingerprint density at radius 1 is 1.23 bits per heavy atom. The molecule has 0 aliphatic carbocycles. The van der Waals surface area contributed by atoms with Crippen molar-refractivity contribution in [3.05, 3.63) is 23.8 Å². The van der Waals surface area contributed by atoms with Crippen molar-refractivity contribution >= 4 is 17.6 Å². The van der Waals surface area contributed by atoms with Crippen LogP contribution in [0.15, 0.2) is 18.2 Å². The highest BCUT2D eigenvalue weighted by atomic mass is 16.5. The first-order chi connectivity index (χ1) is 12.3. The number of carbonyl (C=O) groups is 2. The van der Waals surface area contributed by atoms with E-state index in [1.807, 2.05) is 13.8 Å². The Morgan fingerprint density at radius 3 is 2.46 bits per heavy atom. The normalized spacial score (nSPS) is 13.2. The minimum absolute atomic E-state index is 0.0885. The minimum atomic E-state index is -0.923. The average Bonchev–Trinajstić information content (AvgIpc) is 2.60. The number of anilines is 1. The molecular formula is C20H31NO5. The summed E-state index contributed by atoms with van der Waals surface area (Å²) in [5.74, 6) is -0.308. The third-order valence-corrected chi connectivity index (χ3v) is 4.03. The summed E-state index contributed by atoms with van der Waals surface area (Å²) in [6.45, 7) is 9.58. The van der Waals surface area contributed by atoms with Crippen molar-refractivity contribution in [2.24, 2.45) is 0 Å². The van der Waals surface area contributed by atoms with E-state index in [0.29, 0.717) is 17.9 Å². The molecule has 0 aromatic heterocycles. The van der Waals surface area contributed by atoms with Crippen LogP contribution in [0.3, 0.4) is 0 Å². The first-order valence-corrected chi connectivity index (χ1v) is 9.11. The Kier molecular flexibility index (Phi) is 8.58. The van der Waals surface area contributed by atoms with Crippen molar-refractivity contribution in [3.63, 3.8) is 0 Å². The molecule has 26 heavy (non-hydrogen) atoms. The number of nitrogens with one attached hydrogen (secondary N) is 1. The Morgan fingerprint density at radius 2 is 1.92 bits per heavy atom.